The summed E-state index contributed by atoms with van der Waals surface area (Å²) in [5, 5.41) is -4.06. The number of hydrogen-bond donors (Lipinski definition) is 0. The zero-order chi connectivity index (χ0) is 27.9. The van der Waals surface area contributed by atoms with Crippen LogP contribution in [0.15, 0.2) is 36.4 Å². The lowest BCUT2D eigenvalue weighted by atomic mass is 9.90. The number of aryl methyl sites for hydroxylation is 1. The van der Waals surface area contributed by atoms with Crippen molar-refractivity contribution in [2.24, 2.45) is 0 Å². The first-order valence-corrected chi connectivity index (χ1v) is 12.0. The molecule has 0 spiro atoms. The van der Waals surface area contributed by atoms with E-state index in [0.717, 1.165) is 12.1 Å². The predicted molar refractivity (Wildman–Crippen MR) is 127 cm³/mol. The summed E-state index contributed by atoms with van der Waals surface area (Å²) in [6.07, 6.45) is -15.3. The van der Waals surface area contributed by atoms with Gasteiger partial charge in [-0.25, -0.2) is 4.98 Å². The molecule has 5 rings (SSSR count). The van der Waals surface area contributed by atoms with Gasteiger partial charge >= 0.3 is 18.5 Å². The van der Waals surface area contributed by atoms with Crippen molar-refractivity contribution < 1.29 is 44.3 Å². The van der Waals surface area contributed by atoms with Crippen LogP contribution < -0.4 is 4.90 Å². The lowest BCUT2D eigenvalue weighted by Crippen LogP contribution is -2.31. The Bertz CT molecular complexity index is 1640. The molecule has 3 nitrogen and oxygen atoms in total. The lowest BCUT2D eigenvalue weighted by molar-refractivity contribution is -0.135. The molecule has 200 valence electrons. The third kappa shape index (κ3) is 4.11. The largest absolute Gasteiger partial charge is 0.454 e. The zero-order valence-electron chi connectivity index (χ0n) is 19.4. The Kier molecular flexibility index (Phi) is 5.83. The molecular weight excluding hydrogens is 547 g/mol. The average Bonchev–Trinajstić information content (AvgIpc) is 2.79. The van der Waals surface area contributed by atoms with Crippen LogP contribution in [0.1, 0.15) is 32.3 Å². The van der Waals surface area contributed by atoms with Gasteiger partial charge in [0.05, 0.1) is 28.2 Å². The molecule has 4 aromatic rings. The van der Waals surface area contributed by atoms with Crippen LogP contribution in [-0.2, 0) is 6.18 Å². The first-order valence-electron chi connectivity index (χ1n) is 10.9. The Hall–Kier alpha value is -3.22. The fourth-order valence-electron chi connectivity index (χ4n) is 4.90. The van der Waals surface area contributed by atoms with Gasteiger partial charge in [-0.2, -0.15) is 39.5 Å². The van der Waals surface area contributed by atoms with Gasteiger partial charge in [-0.05, 0) is 30.7 Å². The van der Waals surface area contributed by atoms with Crippen molar-refractivity contribution in [3.05, 3.63) is 58.7 Å². The molecule has 3 aromatic carbocycles. The molecule has 0 fully saturated rings. The molecule has 1 aromatic heterocycles. The van der Waals surface area contributed by atoms with E-state index in [0.29, 0.717) is 23.4 Å². The number of carbonyl (C=O) groups is 1. The molecular formula is C25H15F9N2OS. The lowest BCUT2D eigenvalue weighted by Gasteiger charge is -2.35. The molecule has 13 heteroatoms. The van der Waals surface area contributed by atoms with Gasteiger partial charge in [0.1, 0.15) is 5.25 Å². The number of thioether (sulfide) groups is 1. The molecule has 1 unspecified atom stereocenters. The van der Waals surface area contributed by atoms with E-state index in [2.05, 4.69) is 4.98 Å². The van der Waals surface area contributed by atoms with Crippen LogP contribution in [0.3, 0.4) is 0 Å². The number of nitrogens with zero attached hydrogens (tertiary/aromatic N) is 2. The van der Waals surface area contributed by atoms with Gasteiger partial charge in [-0.15, -0.1) is 11.8 Å². The van der Waals surface area contributed by atoms with Crippen LogP contribution in [0, 0.1) is 6.92 Å². The minimum atomic E-state index is -5.51. The van der Waals surface area contributed by atoms with Crippen molar-refractivity contribution in [3.8, 4) is 0 Å². The number of aromatic nitrogens is 1. The summed E-state index contributed by atoms with van der Waals surface area (Å²) in [7, 11) is 1.33. The zero-order valence-corrected chi connectivity index (χ0v) is 20.2. The number of hydrogen-bond acceptors (Lipinski definition) is 4. The van der Waals surface area contributed by atoms with Gasteiger partial charge in [0, 0.05) is 34.2 Å². The molecule has 2 heterocycles. The van der Waals surface area contributed by atoms with Crippen molar-refractivity contribution in [2.45, 2.75) is 30.7 Å². The number of rotatable bonds is 1. The Labute approximate surface area is 212 Å². The third-order valence-corrected chi connectivity index (χ3v) is 7.77. The minimum Gasteiger partial charge on any atom is -0.365 e. The minimum absolute atomic E-state index is 0.110. The van der Waals surface area contributed by atoms with Crippen LogP contribution >= 0.6 is 11.8 Å². The standard InChI is InChI=1S/C25H15F9N2OS/c1-10-3-6-16-13(7-10)18(23(26,27)28)15-8-14(21(37)24(29,30)31)17-11(19(15)35-16)4-5-12-20(17)36(2)9-38-22(12)25(32,33)34/h3-8,22H,9H2,1-2H3. The first kappa shape index (κ1) is 26.4. The Morgan fingerprint density at radius 3 is 2.24 bits per heavy atom. The highest BCUT2D eigenvalue weighted by atomic mass is 32.2. The summed E-state index contributed by atoms with van der Waals surface area (Å²) in [4.78, 5) is 18.1. The molecule has 1 aliphatic rings. The molecule has 0 amide bonds. The molecule has 0 N–H and O–H groups in total. The number of benzene rings is 3. The molecule has 38 heavy (non-hydrogen) atoms. The van der Waals surface area contributed by atoms with E-state index in [9.17, 15) is 44.3 Å². The number of halogens is 9. The van der Waals surface area contributed by atoms with E-state index in [4.69, 9.17) is 0 Å². The molecule has 0 aliphatic carbocycles. The smallest absolute Gasteiger partial charge is 0.365 e. The summed E-state index contributed by atoms with van der Waals surface area (Å²) >= 11 is 0.491. The second kappa shape index (κ2) is 8.39. The van der Waals surface area contributed by atoms with E-state index >= 15 is 0 Å². The van der Waals surface area contributed by atoms with Gasteiger partial charge in [0.2, 0.25) is 0 Å². The second-order valence-electron chi connectivity index (χ2n) is 8.99. The SMILES string of the molecule is Cc1ccc2nc3c(cc(C(=O)C(F)(F)F)c4c5c(ccc43)C(C(F)(F)F)SCN5C)c(C(F)(F)F)c2c1. The van der Waals surface area contributed by atoms with Crippen LogP contribution in [-0.4, -0.2) is 36.0 Å². The first-order chi connectivity index (χ1) is 17.5. The number of anilines is 1. The summed E-state index contributed by atoms with van der Waals surface area (Å²) in [5.41, 5.74) is -3.21. The topological polar surface area (TPSA) is 33.2 Å². The maximum atomic E-state index is 14.4. The molecule has 1 atom stereocenters. The van der Waals surface area contributed by atoms with Gasteiger partial charge < -0.3 is 4.90 Å². The van der Waals surface area contributed by atoms with Crippen LogP contribution in [0.4, 0.5) is 45.2 Å². The summed E-state index contributed by atoms with van der Waals surface area (Å²) in [6, 6.07) is 6.51. The van der Waals surface area contributed by atoms with Gasteiger partial charge in [0.15, 0.2) is 0 Å². The molecule has 0 saturated carbocycles. The maximum Gasteiger partial charge on any atom is 0.454 e. The number of ketones is 1. The van der Waals surface area contributed by atoms with Crippen LogP contribution in [0.25, 0.3) is 32.6 Å². The summed E-state index contributed by atoms with van der Waals surface area (Å²) < 4.78 is 126. The highest BCUT2D eigenvalue weighted by molar-refractivity contribution is 7.99. The van der Waals surface area contributed by atoms with E-state index in [1.165, 1.54) is 37.1 Å². The normalized spacial score (nSPS) is 16.9. The summed E-state index contributed by atoms with van der Waals surface area (Å²) in [6.45, 7) is 1.53. The van der Waals surface area contributed by atoms with Crippen molar-refractivity contribution in [1.82, 2.24) is 4.98 Å². The number of alkyl halides is 9. The Morgan fingerprint density at radius 1 is 0.947 bits per heavy atom. The second-order valence-corrected chi connectivity index (χ2v) is 10.1. The number of pyridine rings is 1. The monoisotopic (exact) mass is 562 g/mol. The average molecular weight is 562 g/mol. The van der Waals surface area contributed by atoms with Crippen molar-refractivity contribution in [2.75, 3.05) is 17.8 Å². The van der Waals surface area contributed by atoms with E-state index in [1.807, 2.05) is 0 Å². The fourth-order valence-corrected chi connectivity index (χ4v) is 5.96. The van der Waals surface area contributed by atoms with Crippen molar-refractivity contribution >= 4 is 55.8 Å². The third-order valence-electron chi connectivity index (χ3n) is 6.38. The van der Waals surface area contributed by atoms with Gasteiger partial charge in [0.25, 0.3) is 5.78 Å². The fraction of sp³-hybridized carbons (Fsp3) is 0.280. The van der Waals surface area contributed by atoms with E-state index < -0.39 is 57.0 Å². The van der Waals surface area contributed by atoms with Crippen LogP contribution in [0.2, 0.25) is 0 Å². The molecule has 0 saturated heterocycles. The molecule has 0 bridgehead atoms. The Balaban J connectivity index is 2.05. The van der Waals surface area contributed by atoms with Gasteiger partial charge in [-0.1, -0.05) is 23.8 Å². The molecule has 1 aliphatic heterocycles. The predicted octanol–water partition coefficient (Wildman–Crippen LogP) is 8.36. The number of carbonyl (C=O) groups excluding carboxylic acids is 1. The van der Waals surface area contributed by atoms with E-state index in [-0.39, 0.29) is 33.4 Å². The van der Waals surface area contributed by atoms with Gasteiger partial charge in [-0.3, -0.25) is 4.79 Å². The van der Waals surface area contributed by atoms with E-state index in [1.54, 1.807) is 0 Å². The van der Waals surface area contributed by atoms with Crippen molar-refractivity contribution in [3.63, 3.8) is 0 Å². The van der Waals surface area contributed by atoms with Crippen LogP contribution in [0.5, 0.6) is 0 Å². The summed E-state index contributed by atoms with van der Waals surface area (Å²) in [5.74, 6) is -2.75. The number of Topliss-reactive ketones (excluding diaryl/α,β-unsaturated/α-hetero) is 1. The quantitative estimate of drug-likeness (QED) is 0.101. The number of fused-ring (bicyclic) bond motifs is 6. The highest BCUT2D eigenvalue weighted by Gasteiger charge is 2.47. The molecule has 0 radical (unpaired) electrons. The maximum absolute atomic E-state index is 14.4. The Morgan fingerprint density at radius 2 is 1.63 bits per heavy atom. The van der Waals surface area contributed by atoms with Crippen molar-refractivity contribution in [1.29, 1.82) is 0 Å². The highest BCUT2D eigenvalue weighted by Crippen LogP contribution is 2.53.